The van der Waals surface area contributed by atoms with E-state index in [-0.39, 0.29) is 6.10 Å². The van der Waals surface area contributed by atoms with Gasteiger partial charge in [0.2, 0.25) is 0 Å². The standard InChI is InChI=1S/C20H24N2O/c21-23-20-9-5-15-22(16-20)14-4-6-17-10-12-19(13-11-17)18-7-2-1-3-8-18/h1-4,6-8,10-13,20H,5,9,14-16,21H2. The summed E-state index contributed by atoms with van der Waals surface area (Å²) >= 11 is 0. The minimum Gasteiger partial charge on any atom is -0.300 e. The van der Waals surface area contributed by atoms with Crippen molar-refractivity contribution in [2.24, 2.45) is 5.90 Å². The summed E-state index contributed by atoms with van der Waals surface area (Å²) in [4.78, 5) is 7.36. The van der Waals surface area contributed by atoms with Crippen molar-refractivity contribution in [3.63, 3.8) is 0 Å². The second-order valence-electron chi connectivity index (χ2n) is 6.05. The first-order valence-electron chi connectivity index (χ1n) is 8.25. The Bertz CT molecular complexity index is 622. The zero-order valence-corrected chi connectivity index (χ0v) is 13.4. The molecular formula is C20H24N2O. The van der Waals surface area contributed by atoms with E-state index in [9.17, 15) is 0 Å². The first-order valence-corrected chi connectivity index (χ1v) is 8.25. The van der Waals surface area contributed by atoms with Gasteiger partial charge in [0.1, 0.15) is 0 Å². The maximum Gasteiger partial charge on any atom is 0.0914 e. The number of hydrogen-bond donors (Lipinski definition) is 1. The van der Waals surface area contributed by atoms with Crippen molar-refractivity contribution in [2.45, 2.75) is 18.9 Å². The molecule has 0 aromatic heterocycles. The molecule has 0 bridgehead atoms. The summed E-state index contributed by atoms with van der Waals surface area (Å²) in [6.07, 6.45) is 6.80. The van der Waals surface area contributed by atoms with Crippen molar-refractivity contribution < 1.29 is 4.84 Å². The van der Waals surface area contributed by atoms with E-state index in [4.69, 9.17) is 10.7 Å². The molecule has 3 rings (SSSR count). The van der Waals surface area contributed by atoms with E-state index >= 15 is 0 Å². The lowest BCUT2D eigenvalue weighted by Gasteiger charge is -2.30. The van der Waals surface area contributed by atoms with Gasteiger partial charge in [0, 0.05) is 13.1 Å². The molecular weight excluding hydrogens is 284 g/mol. The van der Waals surface area contributed by atoms with E-state index in [0.717, 1.165) is 32.5 Å². The SMILES string of the molecule is NOC1CCCN(CC=Cc2ccc(-c3ccccc3)cc2)C1. The van der Waals surface area contributed by atoms with Gasteiger partial charge in [-0.25, -0.2) is 5.90 Å². The highest BCUT2D eigenvalue weighted by molar-refractivity contribution is 5.65. The number of likely N-dealkylation sites (tertiary alicyclic amines) is 1. The lowest BCUT2D eigenvalue weighted by Crippen LogP contribution is -2.40. The van der Waals surface area contributed by atoms with Crippen molar-refractivity contribution in [3.8, 4) is 11.1 Å². The molecule has 1 aliphatic rings. The van der Waals surface area contributed by atoms with E-state index in [2.05, 4.69) is 65.6 Å². The number of benzene rings is 2. The number of hydrogen-bond acceptors (Lipinski definition) is 3. The quantitative estimate of drug-likeness (QED) is 0.856. The van der Waals surface area contributed by atoms with Crippen LogP contribution < -0.4 is 5.90 Å². The van der Waals surface area contributed by atoms with Crippen molar-refractivity contribution in [3.05, 3.63) is 66.2 Å². The van der Waals surface area contributed by atoms with Crippen molar-refractivity contribution in [2.75, 3.05) is 19.6 Å². The highest BCUT2D eigenvalue weighted by Crippen LogP contribution is 2.19. The summed E-state index contributed by atoms with van der Waals surface area (Å²) in [5, 5.41) is 0. The molecule has 1 unspecified atom stereocenters. The van der Waals surface area contributed by atoms with Crippen molar-refractivity contribution >= 4 is 6.08 Å². The molecule has 1 atom stereocenters. The Labute approximate surface area is 138 Å². The van der Waals surface area contributed by atoms with E-state index in [1.165, 1.54) is 16.7 Å². The zero-order chi connectivity index (χ0) is 15.9. The molecule has 0 radical (unpaired) electrons. The highest BCUT2D eigenvalue weighted by Gasteiger charge is 2.18. The summed E-state index contributed by atoms with van der Waals surface area (Å²) in [6.45, 7) is 2.99. The van der Waals surface area contributed by atoms with Crippen molar-refractivity contribution in [1.29, 1.82) is 0 Å². The summed E-state index contributed by atoms with van der Waals surface area (Å²) in [5.41, 5.74) is 3.74. The molecule has 0 amide bonds. The fraction of sp³-hybridized carbons (Fsp3) is 0.300. The topological polar surface area (TPSA) is 38.5 Å². The maximum atomic E-state index is 5.30. The van der Waals surface area contributed by atoms with E-state index < -0.39 is 0 Å². The van der Waals surface area contributed by atoms with Crippen LogP contribution in [0.15, 0.2) is 60.7 Å². The molecule has 1 heterocycles. The minimum atomic E-state index is 0.183. The van der Waals surface area contributed by atoms with Gasteiger partial charge in [-0.15, -0.1) is 0 Å². The molecule has 0 spiro atoms. The molecule has 3 heteroatoms. The highest BCUT2D eigenvalue weighted by atomic mass is 16.6. The summed E-state index contributed by atoms with van der Waals surface area (Å²) in [7, 11) is 0. The predicted octanol–water partition coefficient (Wildman–Crippen LogP) is 3.72. The third kappa shape index (κ3) is 4.52. The summed E-state index contributed by atoms with van der Waals surface area (Å²) in [5.74, 6) is 5.30. The molecule has 120 valence electrons. The molecule has 3 nitrogen and oxygen atoms in total. The zero-order valence-electron chi connectivity index (χ0n) is 13.4. The van der Waals surface area contributed by atoms with Gasteiger partial charge in [0.15, 0.2) is 0 Å². The van der Waals surface area contributed by atoms with Crippen LogP contribution in [0.25, 0.3) is 17.2 Å². The normalized spacial score (nSPS) is 19.3. The van der Waals surface area contributed by atoms with Crippen LogP contribution in [-0.2, 0) is 4.84 Å². The molecule has 0 saturated carbocycles. The Morgan fingerprint density at radius 3 is 2.52 bits per heavy atom. The number of nitrogens with two attached hydrogens (primary N) is 1. The summed E-state index contributed by atoms with van der Waals surface area (Å²) in [6, 6.07) is 19.1. The van der Waals surface area contributed by atoms with Gasteiger partial charge in [-0.3, -0.25) is 9.74 Å². The van der Waals surface area contributed by atoms with Gasteiger partial charge in [-0.05, 0) is 36.1 Å². The van der Waals surface area contributed by atoms with Crippen LogP contribution in [0.4, 0.5) is 0 Å². The third-order valence-corrected chi connectivity index (χ3v) is 4.35. The number of piperidine rings is 1. The molecule has 1 aliphatic heterocycles. The smallest absolute Gasteiger partial charge is 0.0914 e. The lowest BCUT2D eigenvalue weighted by molar-refractivity contribution is 0.00172. The van der Waals surface area contributed by atoms with Gasteiger partial charge in [0.25, 0.3) is 0 Å². The molecule has 2 N–H and O–H groups in total. The molecule has 0 aliphatic carbocycles. The van der Waals surface area contributed by atoms with E-state index in [0.29, 0.717) is 0 Å². The predicted molar refractivity (Wildman–Crippen MR) is 95.6 cm³/mol. The Balaban J connectivity index is 1.56. The van der Waals surface area contributed by atoms with Crippen LogP contribution >= 0.6 is 0 Å². The van der Waals surface area contributed by atoms with Crippen LogP contribution in [0.1, 0.15) is 18.4 Å². The largest absolute Gasteiger partial charge is 0.300 e. The van der Waals surface area contributed by atoms with Crippen LogP contribution in [0.5, 0.6) is 0 Å². The molecule has 1 saturated heterocycles. The fourth-order valence-corrected chi connectivity index (χ4v) is 3.05. The monoisotopic (exact) mass is 308 g/mol. The first-order chi connectivity index (χ1) is 11.3. The van der Waals surface area contributed by atoms with E-state index in [1.54, 1.807) is 0 Å². The van der Waals surface area contributed by atoms with Crippen LogP contribution in [0.2, 0.25) is 0 Å². The molecule has 1 fully saturated rings. The fourth-order valence-electron chi connectivity index (χ4n) is 3.05. The van der Waals surface area contributed by atoms with Gasteiger partial charge in [-0.1, -0.05) is 66.7 Å². The van der Waals surface area contributed by atoms with Crippen LogP contribution in [0, 0.1) is 0 Å². The first kappa shape index (κ1) is 15.9. The second kappa shape index (κ2) is 8.06. The minimum absolute atomic E-state index is 0.183. The van der Waals surface area contributed by atoms with Gasteiger partial charge < -0.3 is 0 Å². The summed E-state index contributed by atoms with van der Waals surface area (Å²) < 4.78 is 0. The second-order valence-corrected chi connectivity index (χ2v) is 6.05. The molecule has 2 aromatic carbocycles. The van der Waals surface area contributed by atoms with Gasteiger partial charge in [0.05, 0.1) is 6.10 Å². The number of nitrogens with zero attached hydrogens (tertiary/aromatic N) is 1. The number of rotatable bonds is 5. The Hall–Kier alpha value is -1.94. The Morgan fingerprint density at radius 1 is 1.04 bits per heavy atom. The Morgan fingerprint density at radius 2 is 1.78 bits per heavy atom. The van der Waals surface area contributed by atoms with E-state index in [1.807, 2.05) is 6.07 Å². The Kier molecular flexibility index (Phi) is 5.59. The average Bonchev–Trinajstić information content (AvgIpc) is 2.63. The van der Waals surface area contributed by atoms with Crippen LogP contribution in [-0.4, -0.2) is 30.6 Å². The van der Waals surface area contributed by atoms with Gasteiger partial charge >= 0.3 is 0 Å². The molecule has 2 aromatic rings. The maximum absolute atomic E-state index is 5.30. The average molecular weight is 308 g/mol. The molecule has 23 heavy (non-hydrogen) atoms. The van der Waals surface area contributed by atoms with Gasteiger partial charge in [-0.2, -0.15) is 0 Å². The third-order valence-electron chi connectivity index (χ3n) is 4.35. The van der Waals surface area contributed by atoms with Crippen molar-refractivity contribution in [1.82, 2.24) is 4.90 Å². The lowest BCUT2D eigenvalue weighted by atomic mass is 10.0. The van der Waals surface area contributed by atoms with Crippen LogP contribution in [0.3, 0.4) is 0 Å².